The summed E-state index contributed by atoms with van der Waals surface area (Å²) in [6.07, 6.45) is 1.93. The molecule has 1 aliphatic heterocycles. The van der Waals surface area contributed by atoms with Crippen molar-refractivity contribution in [2.75, 3.05) is 19.7 Å². The molecule has 10 nitrogen and oxygen atoms in total. The molecule has 2 unspecified atom stereocenters. The van der Waals surface area contributed by atoms with Gasteiger partial charge in [-0.2, -0.15) is 0 Å². The van der Waals surface area contributed by atoms with E-state index in [1.165, 1.54) is 0 Å². The minimum atomic E-state index is -1.38. The van der Waals surface area contributed by atoms with Gasteiger partial charge in [-0.15, -0.1) is 0 Å². The van der Waals surface area contributed by atoms with Crippen molar-refractivity contribution in [2.45, 2.75) is 51.8 Å². The van der Waals surface area contributed by atoms with Crippen molar-refractivity contribution in [1.82, 2.24) is 15.5 Å². The van der Waals surface area contributed by atoms with Gasteiger partial charge in [0.2, 0.25) is 12.3 Å². The van der Waals surface area contributed by atoms with Crippen LogP contribution in [0.1, 0.15) is 42.4 Å². The Labute approximate surface area is 222 Å². The van der Waals surface area contributed by atoms with E-state index in [9.17, 15) is 24.3 Å². The number of piperidine rings is 1. The van der Waals surface area contributed by atoms with Crippen molar-refractivity contribution < 1.29 is 33.8 Å². The molecule has 0 radical (unpaired) electrons. The predicted octanol–water partition coefficient (Wildman–Crippen LogP) is 3.02. The van der Waals surface area contributed by atoms with E-state index in [0.717, 1.165) is 41.7 Å². The predicted molar refractivity (Wildman–Crippen MR) is 139 cm³/mol. The third-order valence-electron chi connectivity index (χ3n) is 6.54. The summed E-state index contributed by atoms with van der Waals surface area (Å²) in [7, 11) is 0. The van der Waals surface area contributed by atoms with Gasteiger partial charge >= 0.3 is 12.1 Å². The maximum Gasteiger partial charge on any atom is 0.408 e. The van der Waals surface area contributed by atoms with Crippen molar-refractivity contribution in [3.05, 3.63) is 65.2 Å². The summed E-state index contributed by atoms with van der Waals surface area (Å²) in [4.78, 5) is 48.9. The molecule has 38 heavy (non-hydrogen) atoms. The maximum absolute atomic E-state index is 12.9. The number of benzene rings is 2. The lowest BCUT2D eigenvalue weighted by Crippen LogP contribution is -2.47. The first-order valence-electron chi connectivity index (χ1n) is 12.7. The molecule has 3 amide bonds. The molecule has 2 aromatic carbocycles. The molecule has 1 fully saturated rings. The minimum absolute atomic E-state index is 0.00235. The van der Waals surface area contributed by atoms with Gasteiger partial charge < -0.3 is 30.1 Å². The first-order chi connectivity index (χ1) is 18.4. The van der Waals surface area contributed by atoms with Crippen LogP contribution in [0.2, 0.25) is 0 Å². The zero-order chi connectivity index (χ0) is 27.3. The molecule has 1 saturated heterocycles. The van der Waals surface area contributed by atoms with E-state index in [1.54, 1.807) is 29.2 Å². The third-order valence-corrected chi connectivity index (χ3v) is 6.54. The summed E-state index contributed by atoms with van der Waals surface area (Å²) in [5, 5.41) is 14.5. The summed E-state index contributed by atoms with van der Waals surface area (Å²) < 4.78 is 11.0. The Morgan fingerprint density at radius 2 is 1.97 bits per heavy atom. The minimum Gasteiger partial charge on any atom is -0.494 e. The number of amides is 3. The Kier molecular flexibility index (Phi) is 11.0. The molecule has 0 bridgehead atoms. The lowest BCUT2D eigenvalue weighted by molar-refractivity contribution is -0.144. The van der Waals surface area contributed by atoms with E-state index in [2.05, 4.69) is 10.6 Å². The Morgan fingerprint density at radius 3 is 2.71 bits per heavy atom. The topological polar surface area (TPSA) is 134 Å². The maximum atomic E-state index is 12.9. The number of hydrogen-bond acceptors (Lipinski definition) is 6. The number of carboxylic acids is 1. The molecule has 3 rings (SSSR count). The average Bonchev–Trinajstić information content (AvgIpc) is 2.92. The van der Waals surface area contributed by atoms with Crippen LogP contribution < -0.4 is 15.4 Å². The molecule has 0 spiro atoms. The number of aliphatic carboxylic acids is 1. The zero-order valence-electron chi connectivity index (χ0n) is 21.6. The molecular formula is C28H35N3O7. The molecule has 3 N–H and O–H groups in total. The van der Waals surface area contributed by atoms with Crippen LogP contribution in [0.5, 0.6) is 5.75 Å². The van der Waals surface area contributed by atoms with Crippen molar-refractivity contribution in [3.8, 4) is 5.75 Å². The second kappa shape index (κ2) is 14.6. The van der Waals surface area contributed by atoms with Crippen LogP contribution >= 0.6 is 0 Å². The molecule has 10 heteroatoms. The van der Waals surface area contributed by atoms with Crippen LogP contribution in [0, 0.1) is 12.8 Å². The van der Waals surface area contributed by atoms with E-state index >= 15 is 0 Å². The number of carboxylic acid groups (broad SMARTS) is 1. The second-order valence-corrected chi connectivity index (χ2v) is 9.37. The van der Waals surface area contributed by atoms with E-state index in [4.69, 9.17) is 9.47 Å². The molecule has 1 heterocycles. The Hall–Kier alpha value is -4.08. The first kappa shape index (κ1) is 28.5. The summed E-state index contributed by atoms with van der Waals surface area (Å²) in [5.74, 6) is -0.673. The largest absolute Gasteiger partial charge is 0.494 e. The van der Waals surface area contributed by atoms with E-state index in [1.807, 2.05) is 31.2 Å². The van der Waals surface area contributed by atoms with Gasteiger partial charge in [-0.25, -0.2) is 9.59 Å². The number of alkyl carbamates (subject to hydrolysis) is 1. The van der Waals surface area contributed by atoms with Gasteiger partial charge in [0.05, 0.1) is 13.0 Å². The average molecular weight is 526 g/mol. The second-order valence-electron chi connectivity index (χ2n) is 9.37. The normalized spacial score (nSPS) is 15.7. The van der Waals surface area contributed by atoms with Gasteiger partial charge in [0.1, 0.15) is 18.4 Å². The summed E-state index contributed by atoms with van der Waals surface area (Å²) >= 11 is 0. The van der Waals surface area contributed by atoms with Crippen LogP contribution in [0.3, 0.4) is 0 Å². The highest BCUT2D eigenvalue weighted by Crippen LogP contribution is 2.22. The fraction of sp³-hybridized carbons (Fsp3) is 0.429. The third kappa shape index (κ3) is 9.10. The smallest absolute Gasteiger partial charge is 0.408 e. The van der Waals surface area contributed by atoms with Crippen LogP contribution in [0.4, 0.5) is 4.79 Å². The number of aryl methyl sites for hydroxylation is 1. The molecule has 0 aromatic heterocycles. The molecular weight excluding hydrogens is 490 g/mol. The summed E-state index contributed by atoms with van der Waals surface area (Å²) in [6, 6.07) is 13.4. The number of rotatable bonds is 13. The molecule has 0 saturated carbocycles. The standard InChI is InChI=1S/C28H35N3O7/c1-20-9-10-24(14-23(20)16-29-19-32)37-13-11-21-8-5-12-31(17-21)26(33)15-25(27(34)35)30-28(36)38-18-22-6-3-2-4-7-22/h2-4,6-7,9-10,14,19,21,25H,5,8,11-13,15-18H2,1H3,(H,29,32)(H,30,36)(H,34,35). The number of carbonyl (C=O) groups excluding carboxylic acids is 3. The number of nitrogens with zero attached hydrogens (tertiary/aromatic N) is 1. The lowest BCUT2D eigenvalue weighted by Gasteiger charge is -2.33. The van der Waals surface area contributed by atoms with Gasteiger partial charge in [-0.05, 0) is 60.9 Å². The number of hydrogen-bond donors (Lipinski definition) is 3. The van der Waals surface area contributed by atoms with E-state index in [0.29, 0.717) is 32.7 Å². The number of nitrogens with one attached hydrogen (secondary N) is 2. The van der Waals surface area contributed by atoms with E-state index < -0.39 is 18.1 Å². The Bertz CT molecular complexity index is 1090. The van der Waals surface area contributed by atoms with Gasteiger partial charge in [0.15, 0.2) is 0 Å². The molecule has 204 valence electrons. The van der Waals surface area contributed by atoms with Crippen LogP contribution in [-0.4, -0.2) is 60.1 Å². The highest BCUT2D eigenvalue weighted by Gasteiger charge is 2.29. The van der Waals surface area contributed by atoms with Gasteiger partial charge in [-0.1, -0.05) is 36.4 Å². The summed E-state index contributed by atoms with van der Waals surface area (Å²) in [6.45, 7) is 3.94. The van der Waals surface area contributed by atoms with Gasteiger partial charge in [0.25, 0.3) is 0 Å². The molecule has 1 aliphatic rings. The van der Waals surface area contributed by atoms with Crippen molar-refractivity contribution in [2.24, 2.45) is 5.92 Å². The number of ether oxygens (including phenoxy) is 2. The Morgan fingerprint density at radius 1 is 1.18 bits per heavy atom. The van der Waals surface area contributed by atoms with Gasteiger partial charge in [-0.3, -0.25) is 9.59 Å². The van der Waals surface area contributed by atoms with Crippen LogP contribution in [0.25, 0.3) is 0 Å². The highest BCUT2D eigenvalue weighted by molar-refractivity contribution is 5.87. The van der Waals surface area contributed by atoms with Crippen LogP contribution in [0.15, 0.2) is 48.5 Å². The molecule has 2 atom stereocenters. The highest BCUT2D eigenvalue weighted by atomic mass is 16.5. The van der Waals surface area contributed by atoms with Crippen LogP contribution in [-0.2, 0) is 32.3 Å². The first-order valence-corrected chi connectivity index (χ1v) is 12.7. The van der Waals surface area contributed by atoms with Crippen molar-refractivity contribution >= 4 is 24.4 Å². The Balaban J connectivity index is 1.44. The SMILES string of the molecule is Cc1ccc(OCCC2CCCN(C(=O)CC(NC(=O)OCc3ccccc3)C(=O)O)C2)cc1CNC=O. The quantitative estimate of drug-likeness (QED) is 0.342. The van der Waals surface area contributed by atoms with E-state index in [-0.39, 0.29) is 24.9 Å². The fourth-order valence-electron chi connectivity index (χ4n) is 4.36. The number of carbonyl (C=O) groups is 4. The fourth-order valence-corrected chi connectivity index (χ4v) is 4.36. The van der Waals surface area contributed by atoms with Crippen molar-refractivity contribution in [3.63, 3.8) is 0 Å². The zero-order valence-corrected chi connectivity index (χ0v) is 21.6. The molecule has 2 aromatic rings. The monoisotopic (exact) mass is 525 g/mol. The molecule has 0 aliphatic carbocycles. The van der Waals surface area contributed by atoms with Gasteiger partial charge in [0, 0.05) is 19.6 Å². The van der Waals surface area contributed by atoms with Crippen molar-refractivity contribution in [1.29, 1.82) is 0 Å². The summed E-state index contributed by atoms with van der Waals surface area (Å²) in [5.41, 5.74) is 2.81. The number of likely N-dealkylation sites (tertiary alicyclic amines) is 1. The lowest BCUT2D eigenvalue weighted by atomic mass is 9.94.